The summed E-state index contributed by atoms with van der Waals surface area (Å²) in [6.45, 7) is 3.59. The highest BCUT2D eigenvalue weighted by Gasteiger charge is 2.29. The highest BCUT2D eigenvalue weighted by molar-refractivity contribution is 5.90. The summed E-state index contributed by atoms with van der Waals surface area (Å²) in [4.78, 5) is 47.6. The molecule has 0 saturated heterocycles. The number of rotatable bonds is 15. The summed E-state index contributed by atoms with van der Waals surface area (Å²) in [6.07, 6.45) is -0.256. The molecule has 0 spiro atoms. The first-order valence-corrected chi connectivity index (χ1v) is 11.6. The van der Waals surface area contributed by atoms with Gasteiger partial charge in [0.15, 0.2) is 11.1 Å². The predicted molar refractivity (Wildman–Crippen MR) is 140 cm³/mol. The Morgan fingerprint density at radius 2 is 1.73 bits per heavy atom. The average Bonchev–Trinajstić information content (AvgIpc) is 2.84. The number of guanidine groups is 1. The monoisotopic (exact) mass is 544 g/mol. The fourth-order valence-electron chi connectivity index (χ4n) is 3.11. The van der Waals surface area contributed by atoms with Crippen molar-refractivity contribution in [3.63, 3.8) is 0 Å². The van der Waals surface area contributed by atoms with E-state index in [4.69, 9.17) is 11.5 Å². The van der Waals surface area contributed by atoms with Crippen molar-refractivity contribution in [1.29, 1.82) is 0 Å². The van der Waals surface area contributed by atoms with E-state index in [-0.39, 0.29) is 38.3 Å². The van der Waals surface area contributed by atoms with Crippen LogP contribution in [0.25, 0.3) is 0 Å². The Morgan fingerprint density at radius 1 is 1.08 bits per heavy atom. The van der Waals surface area contributed by atoms with E-state index in [1.165, 1.54) is 6.92 Å². The third kappa shape index (κ3) is 13.4. The van der Waals surface area contributed by atoms with E-state index in [1.54, 1.807) is 6.92 Å². The minimum absolute atomic E-state index is 0. The number of aliphatic hydroxyl groups excluding tert-OH is 1. The van der Waals surface area contributed by atoms with Gasteiger partial charge in [0.25, 0.3) is 11.9 Å². The van der Waals surface area contributed by atoms with Crippen LogP contribution in [-0.4, -0.2) is 71.1 Å². The maximum atomic E-state index is 12.6. The zero-order valence-corrected chi connectivity index (χ0v) is 21.7. The molecule has 0 bridgehead atoms. The third-order valence-electron chi connectivity index (χ3n) is 5.25. The number of nitrogens with zero attached hydrogens (tertiary/aromatic N) is 2. The summed E-state index contributed by atoms with van der Waals surface area (Å²) in [6, 6.07) is 6.71. The zero-order valence-electron chi connectivity index (χ0n) is 20.9. The first-order valence-electron chi connectivity index (χ1n) is 11.6. The summed E-state index contributed by atoms with van der Waals surface area (Å²) < 4.78 is 0. The summed E-state index contributed by atoms with van der Waals surface area (Å²) in [5, 5.41) is 33.2. The van der Waals surface area contributed by atoms with E-state index >= 15 is 0 Å². The molecule has 1 rings (SSSR count). The quantitative estimate of drug-likeness (QED) is 0.0458. The summed E-state index contributed by atoms with van der Waals surface area (Å²) in [5.74, 6) is -2.19. The molecule has 0 aliphatic heterocycles. The normalized spacial score (nSPS) is 14.2. The van der Waals surface area contributed by atoms with Crippen LogP contribution < -0.4 is 32.7 Å². The lowest BCUT2D eigenvalue weighted by atomic mass is 10.0. The Balaban J connectivity index is 0.0000130. The van der Waals surface area contributed by atoms with Crippen LogP contribution in [0.3, 0.4) is 0 Å². The molecule has 0 heterocycles. The number of hydrogen-bond donors (Lipinski definition) is 7. The summed E-state index contributed by atoms with van der Waals surface area (Å²) >= 11 is 0. The van der Waals surface area contributed by atoms with E-state index in [0.717, 1.165) is 5.56 Å². The number of nitrogens with two attached hydrogens (primary N) is 2. The number of carbonyl (C=O) groups is 3. The molecular weight excluding hydrogens is 508 g/mol. The molecule has 37 heavy (non-hydrogen) atoms. The Morgan fingerprint density at radius 3 is 2.32 bits per heavy atom. The van der Waals surface area contributed by atoms with E-state index in [9.17, 15) is 29.6 Å². The molecule has 9 N–H and O–H groups in total. The van der Waals surface area contributed by atoms with Crippen LogP contribution in [0, 0.1) is 10.1 Å². The molecule has 1 unspecified atom stereocenters. The maximum Gasteiger partial charge on any atom is 0.266 e. The third-order valence-corrected chi connectivity index (χ3v) is 5.25. The smallest absolute Gasteiger partial charge is 0.266 e. The van der Waals surface area contributed by atoms with Gasteiger partial charge in [-0.05, 0) is 38.2 Å². The number of hydrazone groups is 1. The van der Waals surface area contributed by atoms with Gasteiger partial charge in [-0.15, -0.1) is 12.4 Å². The number of hydrogen-bond acceptors (Lipinski definition) is 7. The van der Waals surface area contributed by atoms with Crippen molar-refractivity contribution >= 4 is 36.1 Å². The SMILES string of the molecule is CC[C@@H](N)C(=O)N[C@@H](C)C(=O)N[C@@H](CCCN/C(N)=N/[N+](=O)[O-])C(O)C(=O)NCCc1ccccc1.Cl. The fraction of sp³-hybridized carbons (Fsp3) is 0.545. The molecule has 0 aromatic heterocycles. The van der Waals surface area contributed by atoms with Gasteiger partial charge in [0.2, 0.25) is 11.8 Å². The van der Waals surface area contributed by atoms with Gasteiger partial charge in [-0.1, -0.05) is 37.3 Å². The van der Waals surface area contributed by atoms with E-state index in [0.29, 0.717) is 12.8 Å². The molecule has 15 heteroatoms. The minimum atomic E-state index is -1.59. The van der Waals surface area contributed by atoms with Crippen LogP contribution in [0.5, 0.6) is 0 Å². The molecule has 1 aromatic carbocycles. The lowest BCUT2D eigenvalue weighted by molar-refractivity contribution is -0.485. The number of carbonyl (C=O) groups excluding carboxylic acids is 3. The van der Waals surface area contributed by atoms with E-state index < -0.39 is 52.9 Å². The Kier molecular flexibility index (Phi) is 16.2. The Labute approximate surface area is 221 Å². The van der Waals surface area contributed by atoms with Crippen molar-refractivity contribution in [2.75, 3.05) is 13.1 Å². The van der Waals surface area contributed by atoms with Gasteiger partial charge in [-0.25, -0.2) is 10.1 Å². The van der Waals surface area contributed by atoms with Crippen molar-refractivity contribution in [3.8, 4) is 0 Å². The molecule has 0 aliphatic carbocycles. The number of aliphatic hydroxyl groups is 1. The minimum Gasteiger partial charge on any atom is -0.381 e. The largest absolute Gasteiger partial charge is 0.381 e. The highest BCUT2D eigenvalue weighted by atomic mass is 35.5. The van der Waals surface area contributed by atoms with Crippen LogP contribution in [-0.2, 0) is 20.8 Å². The number of amides is 3. The van der Waals surface area contributed by atoms with Gasteiger partial charge in [0.1, 0.15) is 11.1 Å². The Hall–Kier alpha value is -3.49. The van der Waals surface area contributed by atoms with E-state index in [1.807, 2.05) is 30.3 Å². The second kappa shape index (κ2) is 17.9. The molecule has 1 aromatic rings. The maximum absolute atomic E-state index is 12.6. The van der Waals surface area contributed by atoms with Crippen LogP contribution in [0.4, 0.5) is 0 Å². The molecule has 0 fully saturated rings. The van der Waals surface area contributed by atoms with Crippen LogP contribution in [0.1, 0.15) is 38.7 Å². The second-order valence-electron chi connectivity index (χ2n) is 8.12. The van der Waals surface area contributed by atoms with Crippen molar-refractivity contribution in [3.05, 3.63) is 46.0 Å². The van der Waals surface area contributed by atoms with Crippen LogP contribution in [0.15, 0.2) is 35.4 Å². The topological polar surface area (TPSA) is 227 Å². The lowest BCUT2D eigenvalue weighted by Gasteiger charge is -2.26. The van der Waals surface area contributed by atoms with Gasteiger partial charge < -0.3 is 37.8 Å². The van der Waals surface area contributed by atoms with E-state index in [2.05, 4.69) is 26.4 Å². The zero-order chi connectivity index (χ0) is 27.1. The standard InChI is InChI=1S/C22H36N8O6.ClH/c1-3-16(23)20(33)27-14(2)19(32)28-17(10-7-12-26-22(24)29-30(35)36)18(31)21(34)25-13-11-15-8-5-4-6-9-15;/h4-6,8-9,14,16-18,31H,3,7,10-13,23H2,1-2H3,(H,25,34)(H,27,33)(H,28,32)(H3,24,26,29);1H/t14-,16+,17-,18?;/m0./s1. The Bertz CT molecular complexity index is 904. The van der Waals surface area contributed by atoms with Gasteiger partial charge in [0, 0.05) is 13.1 Å². The van der Waals surface area contributed by atoms with Crippen molar-refractivity contribution in [1.82, 2.24) is 21.3 Å². The summed E-state index contributed by atoms with van der Waals surface area (Å²) in [5.41, 5.74) is 12.0. The van der Waals surface area contributed by atoms with Crippen LogP contribution >= 0.6 is 12.4 Å². The second-order valence-corrected chi connectivity index (χ2v) is 8.12. The molecule has 0 saturated carbocycles. The van der Waals surface area contributed by atoms with Gasteiger partial charge >= 0.3 is 0 Å². The number of halogens is 1. The van der Waals surface area contributed by atoms with Crippen molar-refractivity contribution in [2.45, 2.75) is 63.8 Å². The molecule has 14 nitrogen and oxygen atoms in total. The molecule has 4 atom stereocenters. The van der Waals surface area contributed by atoms with Crippen molar-refractivity contribution < 1.29 is 24.5 Å². The van der Waals surface area contributed by atoms with Crippen LogP contribution in [0.2, 0.25) is 0 Å². The molecular formula is C22H37ClN8O6. The summed E-state index contributed by atoms with van der Waals surface area (Å²) in [7, 11) is 0. The van der Waals surface area contributed by atoms with Gasteiger partial charge in [0.05, 0.1) is 12.1 Å². The van der Waals surface area contributed by atoms with Crippen molar-refractivity contribution in [2.24, 2.45) is 16.6 Å². The number of benzene rings is 1. The highest BCUT2D eigenvalue weighted by Crippen LogP contribution is 2.05. The van der Waals surface area contributed by atoms with Gasteiger partial charge in [-0.2, -0.15) is 0 Å². The number of nitrogens with one attached hydrogen (secondary N) is 4. The average molecular weight is 545 g/mol. The molecule has 3 amide bonds. The molecule has 208 valence electrons. The predicted octanol–water partition coefficient (Wildman–Crippen LogP) is -1.27. The first kappa shape index (κ1) is 33.5. The number of nitro groups is 1. The molecule has 0 aliphatic rings. The lowest BCUT2D eigenvalue weighted by Crippen LogP contribution is -2.56. The molecule has 0 radical (unpaired) electrons. The fourth-order valence-corrected chi connectivity index (χ4v) is 3.11. The first-order chi connectivity index (χ1) is 17.0. The van der Waals surface area contributed by atoms with Gasteiger partial charge in [-0.3, -0.25) is 14.4 Å².